The molecule has 1 unspecified atom stereocenters. The van der Waals surface area contributed by atoms with Crippen molar-refractivity contribution in [2.45, 2.75) is 32.2 Å². The second-order valence-corrected chi connectivity index (χ2v) is 7.77. The number of carbonyl (C=O) groups is 1. The molecule has 1 fully saturated rings. The molecule has 1 aliphatic rings. The Hall–Kier alpha value is -3.12. The van der Waals surface area contributed by atoms with E-state index >= 15 is 0 Å². The molecule has 4 rings (SSSR count). The highest BCUT2D eigenvalue weighted by atomic mass is 16.5. The number of piperidine rings is 1. The summed E-state index contributed by atoms with van der Waals surface area (Å²) in [7, 11) is 0. The first-order valence-corrected chi connectivity index (χ1v) is 11.0. The molecule has 2 heterocycles. The van der Waals surface area contributed by atoms with Crippen LogP contribution >= 0.6 is 0 Å². The minimum absolute atomic E-state index is 0.112. The van der Waals surface area contributed by atoms with Crippen LogP contribution in [0.4, 0.5) is 0 Å². The maximum atomic E-state index is 12.8. The highest BCUT2D eigenvalue weighted by Crippen LogP contribution is 2.26. The molecule has 31 heavy (non-hydrogen) atoms. The highest BCUT2D eigenvalue weighted by Gasteiger charge is 2.24. The average molecular weight is 420 g/mol. The van der Waals surface area contributed by atoms with Gasteiger partial charge < -0.3 is 14.6 Å². The Kier molecular flexibility index (Phi) is 6.99. The number of rotatable bonds is 8. The third-order valence-electron chi connectivity index (χ3n) is 5.66. The van der Waals surface area contributed by atoms with Crippen LogP contribution in [0.15, 0.2) is 65.2 Å². The lowest BCUT2D eigenvalue weighted by atomic mass is 10.0. The minimum atomic E-state index is -0.223. The fourth-order valence-corrected chi connectivity index (χ4v) is 4.04. The zero-order chi connectivity index (χ0) is 21.5. The van der Waals surface area contributed by atoms with Gasteiger partial charge in [-0.3, -0.25) is 9.69 Å². The van der Waals surface area contributed by atoms with Crippen molar-refractivity contribution in [1.29, 1.82) is 0 Å². The summed E-state index contributed by atoms with van der Waals surface area (Å²) >= 11 is 0. The van der Waals surface area contributed by atoms with E-state index in [1.807, 2.05) is 49.4 Å². The number of hydrogen-bond acceptors (Lipinski definition) is 5. The standard InChI is InChI=1S/C25H29N3O3/c1-2-30-21-13-11-19(12-14-21)23(28-15-7-4-8-16-28)18-26-25(29)22-17-24(31-27-22)20-9-5-3-6-10-20/h3,5-6,9-14,17,23H,2,4,7-8,15-16,18H2,1H3,(H,26,29). The highest BCUT2D eigenvalue weighted by molar-refractivity contribution is 5.93. The molecule has 0 bridgehead atoms. The fraction of sp³-hybridized carbons (Fsp3) is 0.360. The second kappa shape index (κ2) is 10.3. The van der Waals surface area contributed by atoms with Crippen LogP contribution in [-0.2, 0) is 0 Å². The smallest absolute Gasteiger partial charge is 0.273 e. The molecule has 0 radical (unpaired) electrons. The van der Waals surface area contributed by atoms with Gasteiger partial charge in [0.05, 0.1) is 12.6 Å². The van der Waals surface area contributed by atoms with E-state index in [1.165, 1.54) is 24.8 Å². The summed E-state index contributed by atoms with van der Waals surface area (Å²) in [6, 6.07) is 19.7. The zero-order valence-corrected chi connectivity index (χ0v) is 17.9. The Morgan fingerprint density at radius 3 is 2.55 bits per heavy atom. The average Bonchev–Trinajstić information content (AvgIpc) is 3.32. The number of aromatic nitrogens is 1. The van der Waals surface area contributed by atoms with Gasteiger partial charge >= 0.3 is 0 Å². The third kappa shape index (κ3) is 5.33. The lowest BCUT2D eigenvalue weighted by Crippen LogP contribution is -2.40. The van der Waals surface area contributed by atoms with E-state index in [9.17, 15) is 4.79 Å². The molecule has 1 amide bonds. The monoisotopic (exact) mass is 419 g/mol. The molecule has 1 N–H and O–H groups in total. The van der Waals surface area contributed by atoms with Crippen molar-refractivity contribution in [3.05, 3.63) is 71.9 Å². The number of nitrogens with zero attached hydrogens (tertiary/aromatic N) is 2. The van der Waals surface area contributed by atoms with Crippen LogP contribution in [0.2, 0.25) is 0 Å². The molecule has 1 saturated heterocycles. The van der Waals surface area contributed by atoms with E-state index in [1.54, 1.807) is 6.07 Å². The molecule has 2 aromatic carbocycles. The Labute approximate surface area is 183 Å². The molecule has 3 aromatic rings. The minimum Gasteiger partial charge on any atom is -0.494 e. The van der Waals surface area contributed by atoms with Crippen molar-refractivity contribution in [2.24, 2.45) is 0 Å². The molecule has 162 valence electrons. The Morgan fingerprint density at radius 1 is 1.10 bits per heavy atom. The van der Waals surface area contributed by atoms with E-state index in [2.05, 4.69) is 27.5 Å². The zero-order valence-electron chi connectivity index (χ0n) is 17.9. The van der Waals surface area contributed by atoms with Crippen molar-refractivity contribution in [2.75, 3.05) is 26.2 Å². The summed E-state index contributed by atoms with van der Waals surface area (Å²) in [4.78, 5) is 15.2. The lowest BCUT2D eigenvalue weighted by molar-refractivity contribution is 0.0915. The van der Waals surface area contributed by atoms with E-state index < -0.39 is 0 Å². The van der Waals surface area contributed by atoms with Crippen LogP contribution in [0.3, 0.4) is 0 Å². The molecule has 0 spiro atoms. The Bertz CT molecular complexity index is 963. The Morgan fingerprint density at radius 2 is 1.84 bits per heavy atom. The van der Waals surface area contributed by atoms with Gasteiger partial charge in [-0.15, -0.1) is 0 Å². The molecular formula is C25H29N3O3. The summed E-state index contributed by atoms with van der Waals surface area (Å²) in [6.45, 7) is 5.22. The van der Waals surface area contributed by atoms with Crippen molar-refractivity contribution >= 4 is 5.91 Å². The molecule has 1 aliphatic heterocycles. The van der Waals surface area contributed by atoms with Gasteiger partial charge in [-0.1, -0.05) is 54.0 Å². The third-order valence-corrected chi connectivity index (χ3v) is 5.66. The van der Waals surface area contributed by atoms with Gasteiger partial charge in [-0.05, 0) is 50.6 Å². The van der Waals surface area contributed by atoms with Crippen molar-refractivity contribution in [3.63, 3.8) is 0 Å². The topological polar surface area (TPSA) is 67.6 Å². The molecule has 6 heteroatoms. The summed E-state index contributed by atoms with van der Waals surface area (Å²) < 4.78 is 11.0. The quantitative estimate of drug-likeness (QED) is 0.573. The van der Waals surface area contributed by atoms with Gasteiger partial charge in [0.25, 0.3) is 5.91 Å². The first-order chi connectivity index (χ1) is 15.2. The van der Waals surface area contributed by atoms with Crippen molar-refractivity contribution in [1.82, 2.24) is 15.4 Å². The maximum Gasteiger partial charge on any atom is 0.273 e. The number of amides is 1. The summed E-state index contributed by atoms with van der Waals surface area (Å²) in [6.07, 6.45) is 3.64. The summed E-state index contributed by atoms with van der Waals surface area (Å²) in [5.41, 5.74) is 2.37. The van der Waals surface area contributed by atoms with Crippen LogP contribution in [0.5, 0.6) is 5.75 Å². The molecule has 1 aromatic heterocycles. The molecule has 0 aliphatic carbocycles. The molecule has 6 nitrogen and oxygen atoms in total. The lowest BCUT2D eigenvalue weighted by Gasteiger charge is -2.35. The predicted molar refractivity (Wildman–Crippen MR) is 120 cm³/mol. The van der Waals surface area contributed by atoms with E-state index in [4.69, 9.17) is 9.26 Å². The molecule has 1 atom stereocenters. The number of carbonyl (C=O) groups excluding carboxylic acids is 1. The van der Waals surface area contributed by atoms with Gasteiger partial charge in [0, 0.05) is 18.2 Å². The second-order valence-electron chi connectivity index (χ2n) is 7.77. The normalized spacial score (nSPS) is 15.4. The largest absolute Gasteiger partial charge is 0.494 e. The van der Waals surface area contributed by atoms with Gasteiger partial charge in [-0.2, -0.15) is 0 Å². The van der Waals surface area contributed by atoms with Crippen LogP contribution in [0, 0.1) is 0 Å². The Balaban J connectivity index is 1.45. The number of benzene rings is 2. The fourth-order valence-electron chi connectivity index (χ4n) is 4.04. The number of hydrogen-bond donors (Lipinski definition) is 1. The van der Waals surface area contributed by atoms with Crippen molar-refractivity contribution < 1.29 is 14.1 Å². The van der Waals surface area contributed by atoms with E-state index in [-0.39, 0.29) is 11.9 Å². The van der Waals surface area contributed by atoms with Gasteiger partial charge in [0.15, 0.2) is 11.5 Å². The van der Waals surface area contributed by atoms with Crippen molar-refractivity contribution in [3.8, 4) is 17.1 Å². The number of nitrogens with one attached hydrogen (secondary N) is 1. The number of likely N-dealkylation sites (tertiary alicyclic amines) is 1. The summed E-state index contributed by atoms with van der Waals surface area (Å²) in [5.74, 6) is 1.23. The van der Waals surface area contributed by atoms with Crippen LogP contribution in [0.1, 0.15) is 48.3 Å². The van der Waals surface area contributed by atoms with Gasteiger partial charge in [-0.25, -0.2) is 0 Å². The number of ether oxygens (including phenoxy) is 1. The molecular weight excluding hydrogens is 390 g/mol. The van der Waals surface area contributed by atoms with Crippen LogP contribution < -0.4 is 10.1 Å². The first-order valence-electron chi connectivity index (χ1n) is 11.0. The van der Waals surface area contributed by atoms with E-state index in [0.717, 1.165) is 24.4 Å². The summed E-state index contributed by atoms with van der Waals surface area (Å²) in [5, 5.41) is 7.04. The van der Waals surface area contributed by atoms with E-state index in [0.29, 0.717) is 24.6 Å². The van der Waals surface area contributed by atoms with Gasteiger partial charge in [0.1, 0.15) is 5.75 Å². The SMILES string of the molecule is CCOc1ccc(C(CNC(=O)c2cc(-c3ccccc3)on2)N2CCCCC2)cc1. The van der Waals surface area contributed by atoms with Crippen LogP contribution in [0.25, 0.3) is 11.3 Å². The predicted octanol–water partition coefficient (Wildman–Crippen LogP) is 4.70. The van der Waals surface area contributed by atoms with Gasteiger partial charge in [0.2, 0.25) is 0 Å². The van der Waals surface area contributed by atoms with Crippen LogP contribution in [-0.4, -0.2) is 42.2 Å². The maximum absolute atomic E-state index is 12.8. The molecule has 0 saturated carbocycles. The first kappa shape index (κ1) is 21.1.